The zero-order valence-corrected chi connectivity index (χ0v) is 35.5. The first kappa shape index (κ1) is 46.1. The number of esters is 4. The minimum absolute atomic E-state index is 0.0275. The molecule has 4 heterocycles. The summed E-state index contributed by atoms with van der Waals surface area (Å²) in [5, 5.41) is 22.1. The molecule has 14 nitrogen and oxygen atoms in total. The Hall–Kier alpha value is -3.56. The molecule has 2 fully saturated rings. The third-order valence-corrected chi connectivity index (χ3v) is 11.3. The predicted octanol–water partition coefficient (Wildman–Crippen LogP) is 5.33. The molecule has 14 heteroatoms. The highest BCUT2D eigenvalue weighted by molar-refractivity contribution is 5.83. The summed E-state index contributed by atoms with van der Waals surface area (Å²) in [4.78, 5) is 51.6. The molecule has 0 amide bonds. The third-order valence-electron chi connectivity index (χ3n) is 11.3. The summed E-state index contributed by atoms with van der Waals surface area (Å²) < 4.78 is 48.2. The van der Waals surface area contributed by atoms with E-state index < -0.39 is 101 Å². The number of aliphatic hydroxyl groups excluding tert-OH is 2. The molecule has 9 atom stereocenters. The van der Waals surface area contributed by atoms with Gasteiger partial charge in [-0.2, -0.15) is 0 Å². The topological polar surface area (TPSA) is 183 Å². The van der Waals surface area contributed by atoms with Gasteiger partial charge in [0.15, 0.2) is 5.79 Å². The van der Waals surface area contributed by atoms with E-state index in [4.69, 9.17) is 37.9 Å². The van der Waals surface area contributed by atoms with Crippen molar-refractivity contribution in [3.8, 4) is 0 Å². The van der Waals surface area contributed by atoms with Crippen molar-refractivity contribution in [3.63, 3.8) is 0 Å². The largest absolute Gasteiger partial charge is 0.493 e. The average molecular weight is 805 g/mol. The van der Waals surface area contributed by atoms with Crippen molar-refractivity contribution in [2.24, 2.45) is 16.2 Å². The number of cyclic esters (lactones) is 1. The van der Waals surface area contributed by atoms with Gasteiger partial charge in [0.1, 0.15) is 24.1 Å². The monoisotopic (exact) mass is 804 g/mol. The molecule has 4 aliphatic heterocycles. The number of fused-ring (bicyclic) bond motifs is 6. The smallest absolute Gasteiger partial charge is 0.330 e. The van der Waals surface area contributed by atoms with Crippen molar-refractivity contribution in [2.45, 2.75) is 161 Å². The molecule has 320 valence electrons. The Morgan fingerprint density at radius 2 is 1.56 bits per heavy atom. The van der Waals surface area contributed by atoms with Crippen LogP contribution in [0.1, 0.15) is 107 Å². The van der Waals surface area contributed by atoms with Crippen LogP contribution in [0.5, 0.6) is 0 Å². The summed E-state index contributed by atoms with van der Waals surface area (Å²) in [6, 6.07) is 0. The van der Waals surface area contributed by atoms with Crippen LogP contribution in [-0.2, 0) is 57.1 Å². The predicted molar refractivity (Wildman–Crippen MR) is 207 cm³/mol. The molecule has 4 aliphatic rings. The van der Waals surface area contributed by atoms with Gasteiger partial charge in [0, 0.05) is 56.8 Å². The maximum atomic E-state index is 13.4. The fraction of sp³-hybridized carbons (Fsp3) is 0.721. The Labute approximate surface area is 336 Å². The van der Waals surface area contributed by atoms with Crippen molar-refractivity contribution < 1.29 is 67.3 Å². The zero-order chi connectivity index (χ0) is 42.5. The Morgan fingerprint density at radius 3 is 2.18 bits per heavy atom. The van der Waals surface area contributed by atoms with E-state index in [1.165, 1.54) is 40.4 Å². The molecular formula is C43H64O14. The van der Waals surface area contributed by atoms with Crippen LogP contribution in [0.4, 0.5) is 0 Å². The lowest BCUT2D eigenvalue weighted by atomic mass is 9.70. The SMILES string of the molecule is COC(=O)/C=C1\C=C2O[C@@H](C1)C[C@H]([C@@H](C)O)OC(=O)C[C@H](O)C[C@@H]1C[C@H](OC(=O)C(C)(C)C)C(C)(C)[C@](OC)(C[C@@H]3C/C(=C/C(=O)OC)C[C@H](/C=C/C2(C)C)O3)O1. The fourth-order valence-corrected chi connectivity index (χ4v) is 7.81. The number of methoxy groups -OCH3 is 3. The highest BCUT2D eigenvalue weighted by Gasteiger charge is 2.59. The van der Waals surface area contributed by atoms with Gasteiger partial charge in [-0.05, 0) is 66.0 Å². The standard InChI is InChI=1S/C43H64O14/c1-25(44)33-22-30-15-27(19-37(47)51-10)17-34(54-30)41(5,6)13-12-29-14-26(18-36(46)50-9)16-32(53-29)24-43(52-11)42(7,8)35(56-39(49)40(2,3)4)23-31(57-43)20-28(45)21-38(48)55-33/h12-13,17-19,25,28-33,35,44-45H,14-16,20-24H2,1-11H3/b13-12+,26-18+,27-19-/t25-,28-,29+,30+,31-,32+,33-,35+,43+/m1/s1. The molecule has 0 aromatic rings. The Balaban J connectivity index is 1.83. The van der Waals surface area contributed by atoms with Crippen LogP contribution in [0.25, 0.3) is 0 Å². The lowest BCUT2D eigenvalue weighted by molar-refractivity contribution is -0.358. The number of hydrogen-bond donors (Lipinski definition) is 2. The first-order valence-corrected chi connectivity index (χ1v) is 19.8. The third kappa shape index (κ3) is 11.8. The van der Waals surface area contributed by atoms with Crippen molar-refractivity contribution in [1.29, 1.82) is 0 Å². The average Bonchev–Trinajstić information content (AvgIpc) is 3.11. The van der Waals surface area contributed by atoms with Gasteiger partial charge in [-0.25, -0.2) is 9.59 Å². The normalized spacial score (nSPS) is 34.7. The molecule has 0 aromatic carbocycles. The number of aliphatic hydroxyl groups is 2. The molecule has 57 heavy (non-hydrogen) atoms. The summed E-state index contributed by atoms with van der Waals surface area (Å²) in [5.41, 5.74) is -1.11. The maximum absolute atomic E-state index is 13.4. The fourth-order valence-electron chi connectivity index (χ4n) is 7.81. The van der Waals surface area contributed by atoms with Crippen molar-refractivity contribution >= 4 is 23.9 Å². The lowest BCUT2D eigenvalue weighted by Gasteiger charge is -2.55. The van der Waals surface area contributed by atoms with Crippen LogP contribution >= 0.6 is 0 Å². The summed E-state index contributed by atoms with van der Waals surface area (Å²) in [7, 11) is 4.12. The van der Waals surface area contributed by atoms with Gasteiger partial charge in [-0.1, -0.05) is 31.6 Å². The van der Waals surface area contributed by atoms with Gasteiger partial charge in [-0.3, -0.25) is 9.59 Å². The zero-order valence-electron chi connectivity index (χ0n) is 35.5. The van der Waals surface area contributed by atoms with Crippen molar-refractivity contribution in [2.75, 3.05) is 21.3 Å². The molecule has 0 spiro atoms. The maximum Gasteiger partial charge on any atom is 0.330 e. The number of carbonyl (C=O) groups is 4. The Bertz CT molecular complexity index is 1600. The Morgan fingerprint density at radius 1 is 0.895 bits per heavy atom. The van der Waals surface area contributed by atoms with E-state index in [2.05, 4.69) is 0 Å². The number of allylic oxidation sites excluding steroid dienone is 2. The van der Waals surface area contributed by atoms with Crippen LogP contribution in [-0.4, -0.2) is 110 Å². The first-order valence-electron chi connectivity index (χ1n) is 19.8. The van der Waals surface area contributed by atoms with Gasteiger partial charge in [-0.15, -0.1) is 0 Å². The molecule has 6 bridgehead atoms. The number of rotatable bonds is 5. The number of carbonyl (C=O) groups excluding carboxylic acids is 4. The number of ether oxygens (including phenoxy) is 8. The highest BCUT2D eigenvalue weighted by atomic mass is 16.7. The van der Waals surface area contributed by atoms with Gasteiger partial charge in [0.2, 0.25) is 0 Å². The van der Waals surface area contributed by atoms with E-state index >= 15 is 0 Å². The second-order valence-electron chi connectivity index (χ2n) is 17.9. The van der Waals surface area contributed by atoms with Gasteiger partial charge < -0.3 is 48.1 Å². The van der Waals surface area contributed by atoms with Gasteiger partial charge >= 0.3 is 23.9 Å². The minimum Gasteiger partial charge on any atom is -0.493 e. The molecule has 2 saturated heterocycles. The highest BCUT2D eigenvalue weighted by Crippen LogP contribution is 2.51. The Kier molecular flexibility index (Phi) is 15.0. The summed E-state index contributed by atoms with van der Waals surface area (Å²) >= 11 is 0. The minimum atomic E-state index is -1.43. The van der Waals surface area contributed by atoms with E-state index in [0.29, 0.717) is 24.2 Å². The molecule has 2 N–H and O–H groups in total. The molecule has 0 unspecified atom stereocenters. The van der Waals surface area contributed by atoms with Crippen molar-refractivity contribution in [1.82, 2.24) is 0 Å². The van der Waals surface area contributed by atoms with E-state index in [1.54, 1.807) is 26.8 Å². The van der Waals surface area contributed by atoms with Gasteiger partial charge in [0.25, 0.3) is 0 Å². The summed E-state index contributed by atoms with van der Waals surface area (Å²) in [6.07, 6.45) is 3.04. The second-order valence-corrected chi connectivity index (χ2v) is 17.9. The second kappa shape index (κ2) is 18.6. The summed E-state index contributed by atoms with van der Waals surface area (Å²) in [6.45, 7) is 14.5. The summed E-state index contributed by atoms with van der Waals surface area (Å²) in [5.74, 6) is -3.11. The van der Waals surface area contributed by atoms with E-state index in [9.17, 15) is 29.4 Å². The first-order chi connectivity index (χ1) is 26.5. The quantitative estimate of drug-likeness (QED) is 0.157. The van der Waals surface area contributed by atoms with E-state index in [0.717, 1.165) is 5.57 Å². The molecule has 0 aromatic heterocycles. The van der Waals surface area contributed by atoms with Crippen molar-refractivity contribution in [3.05, 3.63) is 47.3 Å². The molecule has 4 rings (SSSR count). The molecule has 0 saturated carbocycles. The van der Waals surface area contributed by atoms with E-state index in [-0.39, 0.29) is 32.1 Å². The van der Waals surface area contributed by atoms with Gasteiger partial charge in [0.05, 0.1) is 62.0 Å². The van der Waals surface area contributed by atoms with Crippen LogP contribution in [0.2, 0.25) is 0 Å². The molecule has 0 aliphatic carbocycles. The van der Waals surface area contributed by atoms with Crippen LogP contribution in [0.3, 0.4) is 0 Å². The van der Waals surface area contributed by atoms with E-state index in [1.807, 2.05) is 39.8 Å². The molecule has 0 radical (unpaired) electrons. The lowest BCUT2D eigenvalue weighted by Crippen LogP contribution is -2.63. The van der Waals surface area contributed by atoms with Crippen LogP contribution in [0.15, 0.2) is 47.3 Å². The number of hydrogen-bond acceptors (Lipinski definition) is 14. The van der Waals surface area contributed by atoms with Crippen LogP contribution in [0, 0.1) is 16.2 Å². The molecular weight excluding hydrogens is 740 g/mol. The van der Waals surface area contributed by atoms with Crippen LogP contribution < -0.4 is 0 Å².